The standard InChI is InChI=1S/C10H18N2O/c1-13-8-7-12-6-2-3-10(9-12)4-5-11/h10H,2-4,6-9H2,1H3. The summed E-state index contributed by atoms with van der Waals surface area (Å²) in [5, 5.41) is 8.59. The molecule has 0 N–H and O–H groups in total. The number of hydrogen-bond donors (Lipinski definition) is 0. The smallest absolute Gasteiger partial charge is 0.0625 e. The Morgan fingerprint density at radius 3 is 3.15 bits per heavy atom. The highest BCUT2D eigenvalue weighted by molar-refractivity contribution is 4.81. The molecule has 3 nitrogen and oxygen atoms in total. The number of hydrogen-bond acceptors (Lipinski definition) is 3. The van der Waals surface area contributed by atoms with Crippen molar-refractivity contribution in [2.24, 2.45) is 5.92 Å². The summed E-state index contributed by atoms with van der Waals surface area (Å²) in [5.41, 5.74) is 0. The van der Waals surface area contributed by atoms with E-state index in [1.54, 1.807) is 7.11 Å². The van der Waals surface area contributed by atoms with Gasteiger partial charge in [0.25, 0.3) is 0 Å². The Morgan fingerprint density at radius 2 is 2.46 bits per heavy atom. The van der Waals surface area contributed by atoms with E-state index in [1.165, 1.54) is 19.4 Å². The van der Waals surface area contributed by atoms with Crippen LogP contribution in [0.15, 0.2) is 0 Å². The van der Waals surface area contributed by atoms with Crippen LogP contribution in [0.2, 0.25) is 0 Å². The lowest BCUT2D eigenvalue weighted by molar-refractivity contribution is 0.115. The molecule has 74 valence electrons. The Morgan fingerprint density at radius 1 is 1.62 bits per heavy atom. The quantitative estimate of drug-likeness (QED) is 0.656. The number of likely N-dealkylation sites (tertiary alicyclic amines) is 1. The first-order chi connectivity index (χ1) is 6.36. The number of nitrogens with zero attached hydrogens (tertiary/aromatic N) is 2. The molecule has 0 aromatic carbocycles. The monoisotopic (exact) mass is 182 g/mol. The molecular formula is C10H18N2O. The first-order valence-electron chi connectivity index (χ1n) is 4.95. The van der Waals surface area contributed by atoms with Gasteiger partial charge >= 0.3 is 0 Å². The lowest BCUT2D eigenvalue weighted by Crippen LogP contribution is -2.37. The first-order valence-corrected chi connectivity index (χ1v) is 4.95. The highest BCUT2D eigenvalue weighted by Gasteiger charge is 2.18. The predicted molar refractivity (Wildman–Crippen MR) is 51.3 cm³/mol. The van der Waals surface area contributed by atoms with Gasteiger partial charge in [-0.25, -0.2) is 0 Å². The Labute approximate surface area is 80.3 Å². The van der Waals surface area contributed by atoms with Crippen molar-refractivity contribution in [3.63, 3.8) is 0 Å². The van der Waals surface area contributed by atoms with Crippen LogP contribution in [-0.2, 0) is 4.74 Å². The van der Waals surface area contributed by atoms with E-state index in [1.807, 2.05) is 0 Å². The maximum atomic E-state index is 8.59. The molecule has 1 unspecified atom stereocenters. The van der Waals surface area contributed by atoms with Crippen LogP contribution >= 0.6 is 0 Å². The molecule has 1 heterocycles. The highest BCUT2D eigenvalue weighted by Crippen LogP contribution is 2.18. The van der Waals surface area contributed by atoms with Gasteiger partial charge in [0.05, 0.1) is 12.7 Å². The summed E-state index contributed by atoms with van der Waals surface area (Å²) in [6.07, 6.45) is 3.16. The normalized spacial score (nSPS) is 24.2. The second-order valence-corrected chi connectivity index (χ2v) is 3.66. The van der Waals surface area contributed by atoms with Crippen LogP contribution in [-0.4, -0.2) is 38.3 Å². The third kappa shape index (κ3) is 3.75. The molecule has 1 aliphatic heterocycles. The lowest BCUT2D eigenvalue weighted by atomic mass is 9.95. The number of methoxy groups -OCH3 is 1. The molecule has 1 rings (SSSR count). The van der Waals surface area contributed by atoms with Gasteiger partial charge in [0.2, 0.25) is 0 Å². The highest BCUT2D eigenvalue weighted by atomic mass is 16.5. The first kappa shape index (κ1) is 10.5. The van der Waals surface area contributed by atoms with Crippen LogP contribution in [0.1, 0.15) is 19.3 Å². The Kier molecular flexibility index (Phi) is 4.81. The van der Waals surface area contributed by atoms with Crippen molar-refractivity contribution in [3.05, 3.63) is 0 Å². The average molecular weight is 182 g/mol. The Bertz CT molecular complexity index is 176. The summed E-state index contributed by atoms with van der Waals surface area (Å²) in [6.45, 7) is 4.07. The largest absolute Gasteiger partial charge is 0.383 e. The van der Waals surface area contributed by atoms with Gasteiger partial charge in [-0.15, -0.1) is 0 Å². The van der Waals surface area contributed by atoms with Gasteiger partial charge in [0, 0.05) is 26.6 Å². The van der Waals surface area contributed by atoms with E-state index in [4.69, 9.17) is 10.00 Å². The molecule has 3 heteroatoms. The molecule has 1 atom stereocenters. The van der Waals surface area contributed by atoms with Crippen molar-refractivity contribution in [1.82, 2.24) is 4.90 Å². The summed E-state index contributed by atoms with van der Waals surface area (Å²) in [4.78, 5) is 2.40. The fourth-order valence-electron chi connectivity index (χ4n) is 1.87. The number of nitriles is 1. The molecule has 0 amide bonds. The van der Waals surface area contributed by atoms with Crippen molar-refractivity contribution in [2.75, 3.05) is 33.4 Å². The number of ether oxygens (including phenoxy) is 1. The molecular weight excluding hydrogens is 164 g/mol. The summed E-state index contributed by atoms with van der Waals surface area (Å²) < 4.78 is 5.03. The van der Waals surface area contributed by atoms with Crippen LogP contribution in [0, 0.1) is 17.2 Å². The van der Waals surface area contributed by atoms with Crippen molar-refractivity contribution < 1.29 is 4.74 Å². The molecule has 0 spiro atoms. The van der Waals surface area contributed by atoms with Crippen molar-refractivity contribution in [2.45, 2.75) is 19.3 Å². The number of piperidine rings is 1. The van der Waals surface area contributed by atoms with E-state index in [9.17, 15) is 0 Å². The van der Waals surface area contributed by atoms with Crippen LogP contribution in [0.4, 0.5) is 0 Å². The van der Waals surface area contributed by atoms with Gasteiger partial charge in [0.15, 0.2) is 0 Å². The van der Waals surface area contributed by atoms with E-state index in [2.05, 4.69) is 11.0 Å². The van der Waals surface area contributed by atoms with Gasteiger partial charge in [-0.1, -0.05) is 0 Å². The van der Waals surface area contributed by atoms with E-state index in [-0.39, 0.29) is 0 Å². The van der Waals surface area contributed by atoms with Crippen LogP contribution in [0.25, 0.3) is 0 Å². The van der Waals surface area contributed by atoms with Gasteiger partial charge in [0.1, 0.15) is 0 Å². The average Bonchev–Trinajstić information content (AvgIpc) is 2.16. The summed E-state index contributed by atoms with van der Waals surface area (Å²) in [7, 11) is 1.73. The molecule has 0 aromatic heterocycles. The molecule has 1 fully saturated rings. The van der Waals surface area contributed by atoms with E-state index in [0.717, 1.165) is 19.7 Å². The molecule has 0 saturated carbocycles. The van der Waals surface area contributed by atoms with E-state index < -0.39 is 0 Å². The van der Waals surface area contributed by atoms with Gasteiger partial charge in [-0.05, 0) is 25.3 Å². The van der Waals surface area contributed by atoms with Crippen molar-refractivity contribution in [3.8, 4) is 6.07 Å². The minimum atomic E-state index is 0.593. The zero-order valence-electron chi connectivity index (χ0n) is 8.33. The summed E-state index contributed by atoms with van der Waals surface area (Å²) in [6, 6.07) is 2.26. The Balaban J connectivity index is 2.21. The second-order valence-electron chi connectivity index (χ2n) is 3.66. The molecule has 0 aromatic rings. The molecule has 13 heavy (non-hydrogen) atoms. The minimum absolute atomic E-state index is 0.593. The van der Waals surface area contributed by atoms with Crippen LogP contribution < -0.4 is 0 Å². The molecule has 1 saturated heterocycles. The van der Waals surface area contributed by atoms with Crippen LogP contribution in [0.3, 0.4) is 0 Å². The number of rotatable bonds is 4. The predicted octanol–water partition coefficient (Wildman–Crippen LogP) is 1.26. The zero-order chi connectivity index (χ0) is 9.52. The minimum Gasteiger partial charge on any atom is -0.383 e. The molecule has 0 radical (unpaired) electrons. The summed E-state index contributed by atoms with van der Waals surface area (Å²) in [5.74, 6) is 0.593. The summed E-state index contributed by atoms with van der Waals surface area (Å²) >= 11 is 0. The van der Waals surface area contributed by atoms with E-state index >= 15 is 0 Å². The van der Waals surface area contributed by atoms with Gasteiger partial charge in [-0.3, -0.25) is 0 Å². The van der Waals surface area contributed by atoms with Crippen molar-refractivity contribution >= 4 is 0 Å². The lowest BCUT2D eigenvalue weighted by Gasteiger charge is -2.31. The maximum absolute atomic E-state index is 8.59. The third-order valence-corrected chi connectivity index (χ3v) is 2.59. The van der Waals surface area contributed by atoms with Crippen molar-refractivity contribution in [1.29, 1.82) is 5.26 Å². The van der Waals surface area contributed by atoms with Crippen LogP contribution in [0.5, 0.6) is 0 Å². The second kappa shape index (κ2) is 5.95. The third-order valence-electron chi connectivity index (χ3n) is 2.59. The molecule has 0 aliphatic carbocycles. The topological polar surface area (TPSA) is 36.3 Å². The van der Waals surface area contributed by atoms with Gasteiger partial charge < -0.3 is 9.64 Å². The SMILES string of the molecule is COCCN1CCCC(CC#N)C1. The fourth-order valence-corrected chi connectivity index (χ4v) is 1.87. The maximum Gasteiger partial charge on any atom is 0.0625 e. The zero-order valence-corrected chi connectivity index (χ0v) is 8.33. The van der Waals surface area contributed by atoms with Gasteiger partial charge in [-0.2, -0.15) is 5.26 Å². The molecule has 0 bridgehead atoms. The van der Waals surface area contributed by atoms with E-state index in [0.29, 0.717) is 12.3 Å². The fraction of sp³-hybridized carbons (Fsp3) is 0.900. The molecule has 1 aliphatic rings. The Hall–Kier alpha value is -0.590.